The molecule has 1 fully saturated rings. The number of hydrogen-bond donors (Lipinski definition) is 2. The van der Waals surface area contributed by atoms with E-state index in [1.54, 1.807) is 0 Å². The van der Waals surface area contributed by atoms with Crippen molar-refractivity contribution in [3.8, 4) is 0 Å². The molecule has 2 amide bonds. The number of piperidine rings is 1. The van der Waals surface area contributed by atoms with E-state index in [2.05, 4.69) is 46.2 Å². The van der Waals surface area contributed by atoms with Crippen molar-refractivity contribution in [2.24, 2.45) is 0 Å². The zero-order chi connectivity index (χ0) is 18.8. The maximum Gasteiger partial charge on any atom is 0.315 e. The highest BCUT2D eigenvalue weighted by molar-refractivity contribution is 5.73. The van der Waals surface area contributed by atoms with Crippen molar-refractivity contribution >= 4 is 11.8 Å². The minimum atomic E-state index is -0.107. The number of anilines is 1. The summed E-state index contributed by atoms with van der Waals surface area (Å²) in [5, 5.41) is 5.86. The highest BCUT2D eigenvalue weighted by Gasteiger charge is 2.17. The maximum absolute atomic E-state index is 11.9. The highest BCUT2D eigenvalue weighted by Crippen LogP contribution is 2.16. The molecule has 1 unspecified atom stereocenters. The summed E-state index contributed by atoms with van der Waals surface area (Å²) in [6.07, 6.45) is 6.79. The third-order valence-electron chi connectivity index (χ3n) is 5.20. The van der Waals surface area contributed by atoms with Gasteiger partial charge in [0.15, 0.2) is 0 Å². The predicted octanol–water partition coefficient (Wildman–Crippen LogP) is 2.99. The normalized spacial score (nSPS) is 17.7. The molecule has 1 atom stereocenters. The molecule has 146 valence electrons. The summed E-state index contributed by atoms with van der Waals surface area (Å²) in [5.74, 6) is 0.982. The van der Waals surface area contributed by atoms with Crippen molar-refractivity contribution in [3.63, 3.8) is 0 Å². The molecule has 1 saturated heterocycles. The number of urea groups is 1. The van der Waals surface area contributed by atoms with Crippen LogP contribution in [-0.4, -0.2) is 54.7 Å². The molecule has 6 nitrogen and oxygen atoms in total. The number of hydrogen-bond acceptors (Lipinski definition) is 4. The minimum Gasteiger partial charge on any atom is -0.357 e. The number of likely N-dealkylation sites (tertiary alicyclic amines) is 1. The second-order valence-corrected chi connectivity index (χ2v) is 7.04. The fourth-order valence-electron chi connectivity index (χ4n) is 3.47. The average Bonchev–Trinajstić information content (AvgIpc) is 2.67. The largest absolute Gasteiger partial charge is 0.357 e. The number of carbonyl (C=O) groups is 1. The van der Waals surface area contributed by atoms with Crippen molar-refractivity contribution < 1.29 is 4.79 Å². The Labute approximate surface area is 158 Å². The zero-order valence-electron chi connectivity index (χ0n) is 16.6. The third-order valence-corrected chi connectivity index (χ3v) is 5.20. The molecule has 26 heavy (non-hydrogen) atoms. The highest BCUT2D eigenvalue weighted by atomic mass is 16.2. The summed E-state index contributed by atoms with van der Waals surface area (Å²) >= 11 is 0. The van der Waals surface area contributed by atoms with E-state index < -0.39 is 0 Å². The van der Waals surface area contributed by atoms with Gasteiger partial charge in [0.05, 0.1) is 0 Å². The van der Waals surface area contributed by atoms with Crippen LogP contribution in [0.1, 0.15) is 52.0 Å². The fraction of sp³-hybridized carbons (Fsp3) is 0.700. The van der Waals surface area contributed by atoms with E-state index in [0.717, 1.165) is 37.4 Å². The van der Waals surface area contributed by atoms with Gasteiger partial charge in [-0.05, 0) is 58.2 Å². The van der Waals surface area contributed by atoms with Gasteiger partial charge in [0.25, 0.3) is 0 Å². The summed E-state index contributed by atoms with van der Waals surface area (Å²) in [6.45, 7) is 11.9. The number of nitrogens with zero attached hydrogens (tertiary/aromatic N) is 3. The van der Waals surface area contributed by atoms with Gasteiger partial charge >= 0.3 is 6.03 Å². The molecule has 0 bridgehead atoms. The number of carbonyl (C=O) groups excluding carboxylic acids is 1. The van der Waals surface area contributed by atoms with Crippen molar-refractivity contribution in [1.29, 1.82) is 0 Å². The van der Waals surface area contributed by atoms with Gasteiger partial charge in [0, 0.05) is 45.0 Å². The first-order valence-electron chi connectivity index (χ1n) is 10.1. The topological polar surface area (TPSA) is 60.5 Å². The van der Waals surface area contributed by atoms with Crippen LogP contribution in [0.3, 0.4) is 0 Å². The van der Waals surface area contributed by atoms with Gasteiger partial charge in [0.1, 0.15) is 5.82 Å². The van der Waals surface area contributed by atoms with Crippen LogP contribution < -0.4 is 15.5 Å². The van der Waals surface area contributed by atoms with Crippen molar-refractivity contribution in [3.05, 3.63) is 23.9 Å². The summed E-state index contributed by atoms with van der Waals surface area (Å²) in [4.78, 5) is 21.2. The summed E-state index contributed by atoms with van der Waals surface area (Å²) < 4.78 is 0. The molecular formula is C20H35N5O. The molecule has 0 aliphatic carbocycles. The van der Waals surface area contributed by atoms with E-state index >= 15 is 0 Å². The lowest BCUT2D eigenvalue weighted by Gasteiger charge is -2.33. The van der Waals surface area contributed by atoms with Crippen molar-refractivity contribution in [2.45, 2.75) is 59.0 Å². The molecule has 0 spiro atoms. The van der Waals surface area contributed by atoms with Gasteiger partial charge in [-0.3, -0.25) is 0 Å². The monoisotopic (exact) mass is 361 g/mol. The fourth-order valence-corrected chi connectivity index (χ4v) is 3.47. The SMILES string of the molecule is CCN(CC)c1ccc(CNC(=O)NCCCN2CCCCC2C)cn1. The van der Waals surface area contributed by atoms with Gasteiger partial charge in [-0.25, -0.2) is 9.78 Å². The molecule has 0 radical (unpaired) electrons. The van der Waals surface area contributed by atoms with Crippen LogP contribution in [0.25, 0.3) is 0 Å². The number of aromatic nitrogens is 1. The summed E-state index contributed by atoms with van der Waals surface area (Å²) in [5.41, 5.74) is 1.01. The van der Waals surface area contributed by atoms with E-state index in [-0.39, 0.29) is 6.03 Å². The predicted molar refractivity (Wildman–Crippen MR) is 108 cm³/mol. The van der Waals surface area contributed by atoms with Gasteiger partial charge < -0.3 is 20.4 Å². The number of nitrogens with one attached hydrogen (secondary N) is 2. The first-order chi connectivity index (χ1) is 12.6. The van der Waals surface area contributed by atoms with Crippen LogP contribution in [0, 0.1) is 0 Å². The summed E-state index contributed by atoms with van der Waals surface area (Å²) in [7, 11) is 0. The molecule has 1 aliphatic heterocycles. The van der Waals surface area contributed by atoms with Crippen LogP contribution in [0.5, 0.6) is 0 Å². The molecule has 0 aromatic carbocycles. The van der Waals surface area contributed by atoms with Gasteiger partial charge in [-0.1, -0.05) is 12.5 Å². The molecule has 2 N–H and O–H groups in total. The van der Waals surface area contributed by atoms with Crippen LogP contribution >= 0.6 is 0 Å². The lowest BCUT2D eigenvalue weighted by molar-refractivity contribution is 0.159. The second kappa shape index (κ2) is 11.0. The maximum atomic E-state index is 11.9. The number of rotatable bonds is 9. The Morgan fingerprint density at radius 3 is 2.73 bits per heavy atom. The van der Waals surface area contributed by atoms with E-state index in [9.17, 15) is 4.79 Å². The van der Waals surface area contributed by atoms with Crippen LogP contribution in [0.2, 0.25) is 0 Å². The Bertz CT molecular complexity index is 530. The van der Waals surface area contributed by atoms with Crippen molar-refractivity contribution in [1.82, 2.24) is 20.5 Å². The van der Waals surface area contributed by atoms with Gasteiger partial charge in [-0.2, -0.15) is 0 Å². The molecule has 1 aliphatic rings. The molecule has 1 aromatic heterocycles. The molecule has 2 heterocycles. The number of pyridine rings is 1. The lowest BCUT2D eigenvalue weighted by Crippen LogP contribution is -2.40. The first-order valence-corrected chi connectivity index (χ1v) is 10.1. The smallest absolute Gasteiger partial charge is 0.315 e. The van der Waals surface area contributed by atoms with Gasteiger partial charge in [-0.15, -0.1) is 0 Å². The quantitative estimate of drug-likeness (QED) is 0.664. The second-order valence-electron chi connectivity index (χ2n) is 7.04. The minimum absolute atomic E-state index is 0.107. The Morgan fingerprint density at radius 2 is 2.08 bits per heavy atom. The Hall–Kier alpha value is -1.82. The van der Waals surface area contributed by atoms with Crippen molar-refractivity contribution in [2.75, 3.05) is 37.6 Å². The van der Waals surface area contributed by atoms with E-state index in [1.807, 2.05) is 18.3 Å². The molecule has 0 saturated carbocycles. The third kappa shape index (κ3) is 6.48. The lowest BCUT2D eigenvalue weighted by atomic mass is 10.0. The van der Waals surface area contributed by atoms with E-state index in [1.165, 1.54) is 25.8 Å². The van der Waals surface area contributed by atoms with Crippen LogP contribution in [0.4, 0.5) is 10.6 Å². The van der Waals surface area contributed by atoms with Gasteiger partial charge in [0.2, 0.25) is 0 Å². The Balaban J connectivity index is 1.62. The molecule has 6 heteroatoms. The Kier molecular flexibility index (Phi) is 8.68. The molecule has 2 rings (SSSR count). The van der Waals surface area contributed by atoms with E-state index in [4.69, 9.17) is 0 Å². The van der Waals surface area contributed by atoms with Crippen LogP contribution in [0.15, 0.2) is 18.3 Å². The van der Waals surface area contributed by atoms with Crippen LogP contribution in [-0.2, 0) is 6.54 Å². The molecule has 1 aromatic rings. The molecular weight excluding hydrogens is 326 g/mol. The number of amides is 2. The first kappa shape index (κ1) is 20.5. The summed E-state index contributed by atoms with van der Waals surface area (Å²) in [6, 6.07) is 4.62. The standard InChI is InChI=1S/C20H35N5O/c1-4-24(5-2)19-11-10-18(15-22-19)16-23-20(26)21-12-8-14-25-13-7-6-9-17(25)3/h10-11,15,17H,4-9,12-14,16H2,1-3H3,(H2,21,23,26). The van der Waals surface area contributed by atoms with E-state index in [0.29, 0.717) is 19.1 Å². The average molecular weight is 362 g/mol. The zero-order valence-corrected chi connectivity index (χ0v) is 16.6. The Morgan fingerprint density at radius 1 is 1.27 bits per heavy atom.